The van der Waals surface area contributed by atoms with Crippen molar-refractivity contribution in [2.45, 2.75) is 38.8 Å². The third-order valence-corrected chi connectivity index (χ3v) is 4.67. The molecule has 1 aliphatic heterocycles. The van der Waals surface area contributed by atoms with E-state index in [1.165, 1.54) is 10.6 Å². The number of aromatic hydroxyl groups is 1. The van der Waals surface area contributed by atoms with Gasteiger partial charge in [0.25, 0.3) is 5.56 Å². The number of hydrogen-bond acceptors (Lipinski definition) is 4. The number of carbonyl (C=O) groups excluding carboxylic acids is 1. The second-order valence-electron chi connectivity index (χ2n) is 7.28. The van der Waals surface area contributed by atoms with E-state index in [4.69, 9.17) is 4.74 Å². The lowest BCUT2D eigenvalue weighted by molar-refractivity contribution is 0.0288. The Labute approximate surface area is 154 Å². The first-order valence-electron chi connectivity index (χ1n) is 8.17. The largest absolute Gasteiger partial charge is 0.494 e. The van der Waals surface area contributed by atoms with E-state index in [1.54, 1.807) is 17.0 Å². The second-order valence-corrected chi connectivity index (χ2v) is 8.19. The molecule has 6 nitrogen and oxygen atoms in total. The van der Waals surface area contributed by atoms with Crippen molar-refractivity contribution in [3.8, 4) is 5.88 Å². The van der Waals surface area contributed by atoms with Crippen molar-refractivity contribution in [2.75, 3.05) is 13.1 Å². The molecule has 134 valence electrons. The van der Waals surface area contributed by atoms with E-state index in [0.717, 1.165) is 4.47 Å². The zero-order valence-corrected chi connectivity index (χ0v) is 16.0. The average Bonchev–Trinajstić information content (AvgIpc) is 2.96. The van der Waals surface area contributed by atoms with Crippen molar-refractivity contribution in [2.24, 2.45) is 0 Å². The predicted octanol–water partition coefficient (Wildman–Crippen LogP) is 3.65. The molecule has 1 aromatic heterocycles. The molecule has 1 aromatic carbocycles. The minimum atomic E-state index is -0.566. The summed E-state index contributed by atoms with van der Waals surface area (Å²) in [7, 11) is 0. The van der Waals surface area contributed by atoms with Gasteiger partial charge >= 0.3 is 6.09 Å². The summed E-state index contributed by atoms with van der Waals surface area (Å²) in [5.41, 5.74) is -0.841. The predicted molar refractivity (Wildman–Crippen MR) is 99.0 cm³/mol. The van der Waals surface area contributed by atoms with E-state index in [9.17, 15) is 14.7 Å². The van der Waals surface area contributed by atoms with Gasteiger partial charge < -0.3 is 14.7 Å². The highest BCUT2D eigenvalue weighted by molar-refractivity contribution is 9.10. The Morgan fingerprint density at radius 3 is 2.72 bits per heavy atom. The quantitative estimate of drug-likeness (QED) is 0.781. The van der Waals surface area contributed by atoms with Crippen LogP contribution < -0.4 is 5.56 Å². The van der Waals surface area contributed by atoms with Gasteiger partial charge in [0.1, 0.15) is 5.60 Å². The van der Waals surface area contributed by atoms with Crippen molar-refractivity contribution in [1.82, 2.24) is 9.47 Å². The Balaban J connectivity index is 1.90. The summed E-state index contributed by atoms with van der Waals surface area (Å²) < 4.78 is 7.58. The van der Waals surface area contributed by atoms with Crippen molar-refractivity contribution in [3.05, 3.63) is 39.1 Å². The molecule has 1 atom stereocenters. The van der Waals surface area contributed by atoms with E-state index < -0.39 is 11.7 Å². The molecule has 0 saturated carbocycles. The number of carbonyl (C=O) groups is 1. The van der Waals surface area contributed by atoms with Crippen LogP contribution in [0.4, 0.5) is 4.79 Å². The fourth-order valence-electron chi connectivity index (χ4n) is 3.08. The fourth-order valence-corrected chi connectivity index (χ4v) is 3.44. The molecule has 1 unspecified atom stereocenters. The smallest absolute Gasteiger partial charge is 0.410 e. The number of fused-ring (bicyclic) bond motifs is 1. The maximum atomic E-state index is 12.5. The van der Waals surface area contributed by atoms with Crippen LogP contribution in [0.15, 0.2) is 33.5 Å². The number of amides is 1. The first-order valence-corrected chi connectivity index (χ1v) is 8.97. The molecule has 0 radical (unpaired) electrons. The number of ether oxygens (including phenoxy) is 1. The van der Waals surface area contributed by atoms with Gasteiger partial charge in [-0.3, -0.25) is 9.36 Å². The van der Waals surface area contributed by atoms with E-state index in [-0.39, 0.29) is 17.5 Å². The normalized spacial score (nSPS) is 17.9. The van der Waals surface area contributed by atoms with Crippen LogP contribution in [-0.4, -0.2) is 39.4 Å². The Morgan fingerprint density at radius 2 is 2.04 bits per heavy atom. The number of hydrogen-bond donors (Lipinski definition) is 1. The van der Waals surface area contributed by atoms with Crippen LogP contribution in [0.5, 0.6) is 5.88 Å². The molecule has 0 bridgehead atoms. The third-order valence-electron chi connectivity index (χ3n) is 4.18. The van der Waals surface area contributed by atoms with E-state index in [2.05, 4.69) is 15.9 Å². The SMILES string of the molecule is CC(C)(C)OC(=O)N1CCC(n2c(O)c3cc(Br)ccc3cc2=O)C1. The lowest BCUT2D eigenvalue weighted by Crippen LogP contribution is -2.36. The lowest BCUT2D eigenvalue weighted by atomic mass is 10.1. The molecule has 2 heterocycles. The third kappa shape index (κ3) is 3.66. The fraction of sp³-hybridized carbons (Fsp3) is 0.444. The van der Waals surface area contributed by atoms with Crippen LogP contribution in [0.2, 0.25) is 0 Å². The van der Waals surface area contributed by atoms with Crippen LogP contribution >= 0.6 is 15.9 Å². The number of aromatic nitrogens is 1. The highest BCUT2D eigenvalue weighted by Crippen LogP contribution is 2.31. The van der Waals surface area contributed by atoms with Crippen molar-refractivity contribution in [1.29, 1.82) is 0 Å². The highest BCUT2D eigenvalue weighted by atomic mass is 79.9. The Bertz CT molecular complexity index is 885. The zero-order chi connectivity index (χ0) is 18.4. The number of halogens is 1. The van der Waals surface area contributed by atoms with Crippen molar-refractivity contribution < 1.29 is 14.6 Å². The molecule has 1 fully saturated rings. The Hall–Kier alpha value is -2.02. The summed E-state index contributed by atoms with van der Waals surface area (Å²) in [6, 6.07) is 6.62. The van der Waals surface area contributed by atoms with Crippen LogP contribution in [0.1, 0.15) is 33.2 Å². The first kappa shape index (κ1) is 17.8. The van der Waals surface area contributed by atoms with Crippen LogP contribution in [-0.2, 0) is 4.74 Å². The lowest BCUT2D eigenvalue weighted by Gasteiger charge is -2.24. The molecular weight excluding hydrogens is 388 g/mol. The zero-order valence-electron chi connectivity index (χ0n) is 14.5. The van der Waals surface area contributed by atoms with E-state index >= 15 is 0 Å². The van der Waals surface area contributed by atoms with Gasteiger partial charge in [0.05, 0.1) is 6.04 Å². The minimum Gasteiger partial charge on any atom is -0.494 e. The Morgan fingerprint density at radius 1 is 1.32 bits per heavy atom. The summed E-state index contributed by atoms with van der Waals surface area (Å²) >= 11 is 3.38. The van der Waals surface area contributed by atoms with Crippen molar-refractivity contribution >= 4 is 32.8 Å². The summed E-state index contributed by atoms with van der Waals surface area (Å²) in [6.07, 6.45) is 0.192. The van der Waals surface area contributed by atoms with Crippen LogP contribution in [0.3, 0.4) is 0 Å². The number of nitrogens with zero attached hydrogens (tertiary/aromatic N) is 2. The van der Waals surface area contributed by atoms with Gasteiger partial charge in [-0.1, -0.05) is 22.0 Å². The molecule has 7 heteroatoms. The number of likely N-dealkylation sites (tertiary alicyclic amines) is 1. The molecule has 0 spiro atoms. The highest BCUT2D eigenvalue weighted by Gasteiger charge is 2.32. The first-order chi connectivity index (χ1) is 11.7. The van der Waals surface area contributed by atoms with Gasteiger partial charge in [-0.25, -0.2) is 4.79 Å². The van der Waals surface area contributed by atoms with Crippen molar-refractivity contribution in [3.63, 3.8) is 0 Å². The van der Waals surface area contributed by atoms with Crippen LogP contribution in [0, 0.1) is 0 Å². The second kappa shape index (κ2) is 6.37. The maximum absolute atomic E-state index is 12.5. The summed E-state index contributed by atoms with van der Waals surface area (Å²) in [5, 5.41) is 11.9. The van der Waals surface area contributed by atoms with Gasteiger partial charge in [-0.05, 0) is 44.7 Å². The molecule has 3 rings (SSSR count). The average molecular weight is 409 g/mol. The van der Waals surface area contributed by atoms with Gasteiger partial charge in [0.15, 0.2) is 0 Å². The molecule has 2 aromatic rings. The van der Waals surface area contributed by atoms with Gasteiger partial charge in [-0.2, -0.15) is 0 Å². The molecule has 1 aliphatic rings. The monoisotopic (exact) mass is 408 g/mol. The van der Waals surface area contributed by atoms with Gasteiger partial charge in [-0.15, -0.1) is 0 Å². The molecule has 1 saturated heterocycles. The molecule has 1 N–H and O–H groups in total. The summed E-state index contributed by atoms with van der Waals surface area (Å²) in [6.45, 7) is 6.27. The number of pyridine rings is 1. The number of rotatable bonds is 1. The number of benzene rings is 1. The molecule has 25 heavy (non-hydrogen) atoms. The molecular formula is C18H21BrN2O4. The van der Waals surface area contributed by atoms with Gasteiger partial charge in [0.2, 0.25) is 5.88 Å². The van der Waals surface area contributed by atoms with Crippen LogP contribution in [0.25, 0.3) is 10.8 Å². The summed E-state index contributed by atoms with van der Waals surface area (Å²) in [5.74, 6) is -0.0696. The maximum Gasteiger partial charge on any atom is 0.410 e. The Kier molecular flexibility index (Phi) is 4.53. The minimum absolute atomic E-state index is 0.0696. The standard InChI is InChI=1S/C18H21BrN2O4/c1-18(2,3)25-17(24)20-7-6-13(10-20)21-15(22)8-11-4-5-12(19)9-14(11)16(21)23/h4-5,8-9,13,23H,6-7,10H2,1-3H3. The van der Waals surface area contributed by atoms with E-state index in [0.29, 0.717) is 30.3 Å². The summed E-state index contributed by atoms with van der Waals surface area (Å²) in [4.78, 5) is 26.3. The van der Waals surface area contributed by atoms with E-state index in [1.807, 2.05) is 26.8 Å². The molecule has 1 amide bonds. The molecule has 0 aliphatic carbocycles. The topological polar surface area (TPSA) is 71.8 Å². The van der Waals surface area contributed by atoms with Gasteiger partial charge in [0, 0.05) is 29.0 Å².